The molecule has 0 spiro atoms. The Hall–Kier alpha value is -1.26. The van der Waals surface area contributed by atoms with E-state index in [-0.39, 0.29) is 16.9 Å². The molecule has 110 valence electrons. The first-order valence-corrected chi connectivity index (χ1v) is 7.25. The molecule has 0 aromatic heterocycles. The van der Waals surface area contributed by atoms with E-state index in [9.17, 15) is 0 Å². The molecule has 1 fully saturated rings. The predicted molar refractivity (Wildman–Crippen MR) is 78.5 cm³/mol. The van der Waals surface area contributed by atoms with Crippen LogP contribution in [0.2, 0.25) is 0 Å². The first kappa shape index (κ1) is 13.7. The highest BCUT2D eigenvalue weighted by Gasteiger charge is 2.67. The quantitative estimate of drug-likeness (QED) is 0.658. The van der Waals surface area contributed by atoms with Gasteiger partial charge in [-0.25, -0.2) is 0 Å². The van der Waals surface area contributed by atoms with Gasteiger partial charge < -0.3 is 9.47 Å². The number of fused-ring (bicyclic) bond motifs is 1. The Morgan fingerprint density at radius 1 is 1.10 bits per heavy atom. The van der Waals surface area contributed by atoms with E-state index < -0.39 is 0 Å². The second kappa shape index (κ2) is 4.37. The summed E-state index contributed by atoms with van der Waals surface area (Å²) in [6.45, 7) is 10.4. The van der Waals surface area contributed by atoms with Gasteiger partial charge in [-0.15, -0.1) is 0 Å². The molecule has 1 aromatic rings. The topological polar surface area (TPSA) is 56.5 Å². The largest absolute Gasteiger partial charge is 0.486 e. The van der Waals surface area contributed by atoms with Crippen LogP contribution in [0.4, 0.5) is 0 Å². The highest BCUT2D eigenvalue weighted by atomic mass is 16.6. The molecule has 1 heterocycles. The van der Waals surface area contributed by atoms with Crippen molar-refractivity contribution in [2.75, 3.05) is 13.2 Å². The molecule has 1 aliphatic heterocycles. The van der Waals surface area contributed by atoms with Crippen molar-refractivity contribution in [3.05, 3.63) is 23.8 Å². The van der Waals surface area contributed by atoms with Crippen LogP contribution >= 0.6 is 0 Å². The molecule has 3 rings (SSSR count). The number of benzene rings is 1. The Kier molecular flexibility index (Phi) is 2.99. The smallest absolute Gasteiger partial charge is 0.161 e. The fourth-order valence-electron chi connectivity index (χ4n) is 3.72. The van der Waals surface area contributed by atoms with Crippen molar-refractivity contribution in [2.45, 2.75) is 33.7 Å². The Morgan fingerprint density at radius 3 is 2.25 bits per heavy atom. The zero-order valence-corrected chi connectivity index (χ0v) is 12.7. The standard InChI is InChI=1S/C16H24N2O2/c1-15(2)14(16(15,3)4)13(18-17)10-5-6-11-12(9-10)20-8-7-19-11/h5-6,9,13-14,18H,7-8,17H2,1-4H3. The van der Waals surface area contributed by atoms with E-state index in [0.29, 0.717) is 19.1 Å². The molecule has 4 heteroatoms. The summed E-state index contributed by atoms with van der Waals surface area (Å²) >= 11 is 0. The number of hydrogen-bond acceptors (Lipinski definition) is 4. The van der Waals surface area contributed by atoms with E-state index in [1.807, 2.05) is 6.07 Å². The summed E-state index contributed by atoms with van der Waals surface area (Å²) in [5, 5.41) is 0. The van der Waals surface area contributed by atoms with Gasteiger partial charge in [-0.1, -0.05) is 33.8 Å². The first-order valence-electron chi connectivity index (χ1n) is 7.25. The minimum Gasteiger partial charge on any atom is -0.486 e. The monoisotopic (exact) mass is 276 g/mol. The molecule has 1 aliphatic carbocycles. The van der Waals surface area contributed by atoms with E-state index in [0.717, 1.165) is 11.5 Å². The third kappa shape index (κ3) is 1.82. The van der Waals surface area contributed by atoms with Crippen LogP contribution in [0.5, 0.6) is 11.5 Å². The van der Waals surface area contributed by atoms with Gasteiger partial charge in [0.15, 0.2) is 11.5 Å². The summed E-state index contributed by atoms with van der Waals surface area (Å²) in [6, 6.07) is 6.26. The molecule has 2 aliphatic rings. The van der Waals surface area contributed by atoms with Gasteiger partial charge in [0.2, 0.25) is 0 Å². The second-order valence-corrected chi connectivity index (χ2v) is 6.97. The average Bonchev–Trinajstić information content (AvgIpc) is 2.82. The summed E-state index contributed by atoms with van der Waals surface area (Å²) in [5.41, 5.74) is 4.72. The molecule has 0 amide bonds. The fraction of sp³-hybridized carbons (Fsp3) is 0.625. The number of hydrogen-bond donors (Lipinski definition) is 2. The lowest BCUT2D eigenvalue weighted by Gasteiger charge is -2.23. The van der Waals surface area contributed by atoms with Gasteiger partial charge in [0.05, 0.1) is 0 Å². The van der Waals surface area contributed by atoms with Crippen molar-refractivity contribution in [1.82, 2.24) is 5.43 Å². The van der Waals surface area contributed by atoms with Gasteiger partial charge in [-0.2, -0.15) is 0 Å². The van der Waals surface area contributed by atoms with Gasteiger partial charge in [-0.3, -0.25) is 11.3 Å². The predicted octanol–water partition coefficient (Wildman–Crippen LogP) is 2.64. The average molecular weight is 276 g/mol. The zero-order chi connectivity index (χ0) is 14.5. The highest BCUT2D eigenvalue weighted by Crippen LogP contribution is 2.72. The normalized spacial score (nSPS) is 24.2. The number of nitrogens with two attached hydrogens (primary N) is 1. The molecule has 3 N–H and O–H groups in total. The van der Waals surface area contributed by atoms with Crippen molar-refractivity contribution >= 4 is 0 Å². The van der Waals surface area contributed by atoms with Gasteiger partial charge in [0, 0.05) is 6.04 Å². The highest BCUT2D eigenvalue weighted by molar-refractivity contribution is 5.45. The summed E-state index contributed by atoms with van der Waals surface area (Å²) in [4.78, 5) is 0. The zero-order valence-electron chi connectivity index (χ0n) is 12.7. The van der Waals surface area contributed by atoms with Crippen LogP contribution < -0.4 is 20.7 Å². The van der Waals surface area contributed by atoms with E-state index in [1.54, 1.807) is 0 Å². The molecule has 1 saturated carbocycles. The Balaban J connectivity index is 1.91. The van der Waals surface area contributed by atoms with Crippen LogP contribution in [0.15, 0.2) is 18.2 Å². The Labute approximate surface area is 120 Å². The minimum absolute atomic E-state index is 0.135. The first-order chi connectivity index (χ1) is 9.39. The Morgan fingerprint density at radius 2 is 1.70 bits per heavy atom. The molecule has 1 atom stereocenters. The number of ether oxygens (including phenoxy) is 2. The lowest BCUT2D eigenvalue weighted by molar-refractivity contribution is 0.171. The lowest BCUT2D eigenvalue weighted by atomic mass is 9.96. The van der Waals surface area contributed by atoms with Crippen molar-refractivity contribution < 1.29 is 9.47 Å². The molecule has 1 unspecified atom stereocenters. The third-order valence-corrected chi connectivity index (χ3v) is 5.57. The van der Waals surface area contributed by atoms with E-state index in [2.05, 4.69) is 45.3 Å². The van der Waals surface area contributed by atoms with Gasteiger partial charge >= 0.3 is 0 Å². The molecule has 4 nitrogen and oxygen atoms in total. The Bertz CT molecular complexity index is 511. The van der Waals surface area contributed by atoms with Crippen molar-refractivity contribution in [3.63, 3.8) is 0 Å². The molecular formula is C16H24N2O2. The molecule has 20 heavy (non-hydrogen) atoms. The van der Waals surface area contributed by atoms with Crippen LogP contribution in [0.3, 0.4) is 0 Å². The molecule has 0 bridgehead atoms. The third-order valence-electron chi connectivity index (χ3n) is 5.57. The van der Waals surface area contributed by atoms with E-state index in [1.165, 1.54) is 5.56 Å². The van der Waals surface area contributed by atoms with Crippen LogP contribution in [0.1, 0.15) is 39.3 Å². The summed E-state index contributed by atoms with van der Waals surface area (Å²) in [5.74, 6) is 7.99. The summed E-state index contributed by atoms with van der Waals surface area (Å²) in [7, 11) is 0. The van der Waals surface area contributed by atoms with Gasteiger partial charge in [0.25, 0.3) is 0 Å². The molecule has 1 aromatic carbocycles. The number of hydrazine groups is 1. The SMILES string of the molecule is CC1(C)C(C(NN)c2ccc3c(c2)OCCO3)C1(C)C. The van der Waals surface area contributed by atoms with Gasteiger partial charge in [-0.05, 0) is 34.4 Å². The van der Waals surface area contributed by atoms with Crippen molar-refractivity contribution in [3.8, 4) is 11.5 Å². The fourth-order valence-corrected chi connectivity index (χ4v) is 3.72. The van der Waals surface area contributed by atoms with Crippen LogP contribution in [0, 0.1) is 16.7 Å². The minimum atomic E-state index is 0.135. The van der Waals surface area contributed by atoms with E-state index in [4.69, 9.17) is 15.3 Å². The maximum atomic E-state index is 5.84. The van der Waals surface area contributed by atoms with Crippen LogP contribution in [-0.2, 0) is 0 Å². The number of rotatable bonds is 3. The maximum Gasteiger partial charge on any atom is 0.161 e. The summed E-state index contributed by atoms with van der Waals surface area (Å²) in [6.07, 6.45) is 0. The van der Waals surface area contributed by atoms with Crippen molar-refractivity contribution in [2.24, 2.45) is 22.6 Å². The van der Waals surface area contributed by atoms with Gasteiger partial charge in [0.1, 0.15) is 13.2 Å². The van der Waals surface area contributed by atoms with E-state index >= 15 is 0 Å². The summed E-state index contributed by atoms with van der Waals surface area (Å²) < 4.78 is 11.2. The molecule has 0 radical (unpaired) electrons. The number of nitrogens with one attached hydrogen (secondary N) is 1. The molecular weight excluding hydrogens is 252 g/mol. The van der Waals surface area contributed by atoms with Crippen LogP contribution in [0.25, 0.3) is 0 Å². The maximum absolute atomic E-state index is 5.84. The second-order valence-electron chi connectivity index (χ2n) is 6.97. The molecule has 0 saturated heterocycles. The van der Waals surface area contributed by atoms with Crippen molar-refractivity contribution in [1.29, 1.82) is 0 Å². The lowest BCUT2D eigenvalue weighted by Crippen LogP contribution is -2.31. The van der Waals surface area contributed by atoms with Crippen LogP contribution in [-0.4, -0.2) is 13.2 Å².